The van der Waals surface area contributed by atoms with Crippen molar-refractivity contribution in [3.05, 3.63) is 84.1 Å². The quantitative estimate of drug-likeness (QED) is 0.516. The van der Waals surface area contributed by atoms with Gasteiger partial charge in [0, 0.05) is 11.3 Å². The Morgan fingerprint density at radius 1 is 0.788 bits per heavy atom. The molecule has 168 valence electrons. The molecule has 2 amide bonds. The third-order valence-corrected chi connectivity index (χ3v) is 5.23. The second-order valence-corrected chi connectivity index (χ2v) is 7.15. The predicted molar refractivity (Wildman–Crippen MR) is 127 cm³/mol. The summed E-state index contributed by atoms with van der Waals surface area (Å²) in [7, 11) is 3.11. The van der Waals surface area contributed by atoms with Crippen LogP contribution in [0.1, 0.15) is 12.5 Å². The number of nitrogens with one attached hydrogen (secondary N) is 1. The molecule has 0 aromatic heterocycles. The Morgan fingerprint density at radius 2 is 1.45 bits per heavy atom. The van der Waals surface area contributed by atoms with Crippen molar-refractivity contribution in [1.29, 1.82) is 0 Å². The second kappa shape index (κ2) is 9.48. The molecule has 0 atom stereocenters. The summed E-state index contributed by atoms with van der Waals surface area (Å²) in [5.74, 6) is 0.673. The molecule has 1 heterocycles. The first kappa shape index (κ1) is 22.0. The molecule has 0 spiro atoms. The van der Waals surface area contributed by atoms with Crippen LogP contribution in [0, 0.1) is 0 Å². The molecular weight excluding hydrogens is 420 g/mol. The topological polar surface area (TPSA) is 77.1 Å². The number of hydrogen-bond donors (Lipinski definition) is 1. The number of carbonyl (C=O) groups excluding carboxylic acids is 2. The first-order valence-electron chi connectivity index (χ1n) is 10.5. The number of para-hydroxylation sites is 3. The predicted octanol–water partition coefficient (Wildman–Crippen LogP) is 4.50. The van der Waals surface area contributed by atoms with Gasteiger partial charge in [0.25, 0.3) is 11.8 Å². The van der Waals surface area contributed by atoms with Crippen molar-refractivity contribution in [3.8, 4) is 17.2 Å². The monoisotopic (exact) mass is 444 g/mol. The van der Waals surface area contributed by atoms with Crippen molar-refractivity contribution >= 4 is 28.8 Å². The highest BCUT2D eigenvalue weighted by Crippen LogP contribution is 2.40. The van der Waals surface area contributed by atoms with Gasteiger partial charge in [0.2, 0.25) is 0 Å². The van der Waals surface area contributed by atoms with Gasteiger partial charge in [-0.2, -0.15) is 0 Å². The van der Waals surface area contributed by atoms with Gasteiger partial charge in [-0.15, -0.1) is 0 Å². The van der Waals surface area contributed by atoms with Gasteiger partial charge in [-0.3, -0.25) is 9.59 Å². The van der Waals surface area contributed by atoms with Crippen molar-refractivity contribution in [1.82, 2.24) is 0 Å². The van der Waals surface area contributed by atoms with E-state index in [0.29, 0.717) is 40.8 Å². The largest absolute Gasteiger partial charge is 0.497 e. The molecule has 7 nitrogen and oxygen atoms in total. The molecule has 33 heavy (non-hydrogen) atoms. The van der Waals surface area contributed by atoms with Crippen LogP contribution in [0.3, 0.4) is 0 Å². The number of carbonyl (C=O) groups is 2. The summed E-state index contributed by atoms with van der Waals surface area (Å²) in [5.41, 5.74) is 1.92. The van der Waals surface area contributed by atoms with Gasteiger partial charge in [0.15, 0.2) is 0 Å². The van der Waals surface area contributed by atoms with Crippen LogP contribution in [0.25, 0.3) is 5.57 Å². The Kier molecular flexibility index (Phi) is 6.31. The molecule has 1 aliphatic heterocycles. The summed E-state index contributed by atoms with van der Waals surface area (Å²) in [5, 5.41) is 3.14. The SMILES string of the molecule is CCOc1ccccc1N1C(=O)C(Nc2ccc(OC)cc2)=C(c2ccccc2OC)C1=O. The van der Waals surface area contributed by atoms with Gasteiger partial charge >= 0.3 is 0 Å². The van der Waals surface area contributed by atoms with Gasteiger partial charge < -0.3 is 19.5 Å². The van der Waals surface area contributed by atoms with Crippen molar-refractivity contribution in [2.24, 2.45) is 0 Å². The Bertz CT molecular complexity index is 1220. The van der Waals surface area contributed by atoms with Crippen molar-refractivity contribution < 1.29 is 23.8 Å². The number of rotatable bonds is 8. The van der Waals surface area contributed by atoms with E-state index in [1.807, 2.05) is 13.0 Å². The minimum atomic E-state index is -0.483. The highest BCUT2D eigenvalue weighted by atomic mass is 16.5. The summed E-state index contributed by atoms with van der Waals surface area (Å²) in [6.45, 7) is 2.25. The van der Waals surface area contributed by atoms with E-state index in [4.69, 9.17) is 14.2 Å². The van der Waals surface area contributed by atoms with Crippen molar-refractivity contribution in [2.75, 3.05) is 31.0 Å². The number of benzene rings is 3. The van der Waals surface area contributed by atoms with Gasteiger partial charge in [-0.05, 0) is 49.4 Å². The van der Waals surface area contributed by atoms with Gasteiger partial charge in [-0.1, -0.05) is 30.3 Å². The zero-order chi connectivity index (χ0) is 23.4. The molecule has 0 fully saturated rings. The molecule has 0 aliphatic carbocycles. The normalized spacial score (nSPS) is 13.4. The standard InChI is InChI=1S/C26H24N2O5/c1-4-33-22-12-8-6-10-20(22)28-25(29)23(19-9-5-7-11-21(19)32-3)24(26(28)30)27-17-13-15-18(31-2)16-14-17/h5-16,27H,4H2,1-3H3. The van der Waals surface area contributed by atoms with Crippen LogP contribution in [0.2, 0.25) is 0 Å². The molecule has 4 rings (SSSR count). The maximum absolute atomic E-state index is 13.7. The molecule has 0 saturated heterocycles. The van der Waals surface area contributed by atoms with E-state index in [0.717, 1.165) is 4.90 Å². The zero-order valence-electron chi connectivity index (χ0n) is 18.6. The fourth-order valence-corrected chi connectivity index (χ4v) is 3.70. The molecule has 1 aliphatic rings. The lowest BCUT2D eigenvalue weighted by molar-refractivity contribution is -0.120. The Morgan fingerprint density at radius 3 is 2.12 bits per heavy atom. The van der Waals surface area contributed by atoms with Crippen molar-refractivity contribution in [2.45, 2.75) is 6.92 Å². The van der Waals surface area contributed by atoms with E-state index in [-0.39, 0.29) is 11.3 Å². The average molecular weight is 444 g/mol. The molecule has 0 radical (unpaired) electrons. The highest BCUT2D eigenvalue weighted by molar-refractivity contribution is 6.46. The number of amides is 2. The number of ether oxygens (including phenoxy) is 3. The van der Waals surface area contributed by atoms with Crippen molar-refractivity contribution in [3.63, 3.8) is 0 Å². The van der Waals surface area contributed by atoms with Crippen LogP contribution in [0.15, 0.2) is 78.5 Å². The minimum absolute atomic E-state index is 0.154. The summed E-state index contributed by atoms with van der Waals surface area (Å²) in [6, 6.07) is 21.2. The maximum Gasteiger partial charge on any atom is 0.282 e. The van der Waals surface area contributed by atoms with Crippen LogP contribution in [0.4, 0.5) is 11.4 Å². The third-order valence-electron chi connectivity index (χ3n) is 5.23. The summed E-state index contributed by atoms with van der Waals surface area (Å²) in [6.07, 6.45) is 0. The lowest BCUT2D eigenvalue weighted by atomic mass is 10.0. The molecule has 0 bridgehead atoms. The molecular formula is C26H24N2O5. The second-order valence-electron chi connectivity index (χ2n) is 7.15. The Balaban J connectivity index is 1.84. The number of nitrogens with zero attached hydrogens (tertiary/aromatic N) is 1. The van der Waals surface area contributed by atoms with Gasteiger partial charge in [0.05, 0.1) is 32.1 Å². The van der Waals surface area contributed by atoms with E-state index >= 15 is 0 Å². The Labute approximate surface area is 192 Å². The average Bonchev–Trinajstić information content (AvgIpc) is 3.09. The highest BCUT2D eigenvalue weighted by Gasteiger charge is 2.42. The molecule has 3 aromatic carbocycles. The van der Waals surface area contributed by atoms with Crippen LogP contribution in [-0.4, -0.2) is 32.6 Å². The van der Waals surface area contributed by atoms with Gasteiger partial charge in [-0.25, -0.2) is 4.90 Å². The molecule has 3 aromatic rings. The summed E-state index contributed by atoms with van der Waals surface area (Å²) >= 11 is 0. The Hall–Kier alpha value is -4.26. The van der Waals surface area contributed by atoms with Crippen LogP contribution in [-0.2, 0) is 9.59 Å². The third kappa shape index (κ3) is 4.13. The lowest BCUT2D eigenvalue weighted by Crippen LogP contribution is -2.32. The molecule has 0 saturated carbocycles. The fourth-order valence-electron chi connectivity index (χ4n) is 3.70. The van der Waals surface area contributed by atoms with E-state index in [1.165, 1.54) is 7.11 Å². The lowest BCUT2D eigenvalue weighted by Gasteiger charge is -2.19. The van der Waals surface area contributed by atoms with E-state index < -0.39 is 11.8 Å². The van der Waals surface area contributed by atoms with E-state index in [2.05, 4.69) is 5.32 Å². The molecule has 0 unspecified atom stereocenters. The summed E-state index contributed by atoms with van der Waals surface area (Å²) in [4.78, 5) is 28.5. The number of imide groups is 1. The van der Waals surface area contributed by atoms with Crippen LogP contribution in [0.5, 0.6) is 17.2 Å². The van der Waals surface area contributed by atoms with Crippen LogP contribution < -0.4 is 24.4 Å². The van der Waals surface area contributed by atoms with E-state index in [1.54, 1.807) is 73.8 Å². The maximum atomic E-state index is 13.7. The fraction of sp³-hybridized carbons (Fsp3) is 0.154. The number of methoxy groups -OCH3 is 2. The smallest absolute Gasteiger partial charge is 0.282 e. The minimum Gasteiger partial charge on any atom is -0.497 e. The number of anilines is 2. The van der Waals surface area contributed by atoms with Gasteiger partial charge in [0.1, 0.15) is 22.9 Å². The summed E-state index contributed by atoms with van der Waals surface area (Å²) < 4.78 is 16.4. The molecule has 1 N–H and O–H groups in total. The first-order chi connectivity index (χ1) is 16.1. The number of hydrogen-bond acceptors (Lipinski definition) is 6. The molecule has 7 heteroatoms. The van der Waals surface area contributed by atoms with Crippen LogP contribution >= 0.6 is 0 Å². The van der Waals surface area contributed by atoms with E-state index in [9.17, 15) is 9.59 Å². The zero-order valence-corrected chi connectivity index (χ0v) is 18.6. The first-order valence-corrected chi connectivity index (χ1v) is 10.5.